The molecule has 0 radical (unpaired) electrons. The maximum absolute atomic E-state index is 10.8. The zero-order valence-corrected chi connectivity index (χ0v) is 13.3. The number of hydrogen-bond donors (Lipinski definition) is 1. The minimum atomic E-state index is -0.365. The molecule has 1 aromatic rings. The van der Waals surface area contributed by atoms with Crippen molar-refractivity contribution in [3.8, 4) is 0 Å². The van der Waals surface area contributed by atoms with Gasteiger partial charge in [-0.3, -0.25) is 10.1 Å². The maximum Gasteiger partial charge on any atom is 0.273 e. The third-order valence-electron chi connectivity index (χ3n) is 3.14. The summed E-state index contributed by atoms with van der Waals surface area (Å²) in [5.41, 5.74) is 1.69. The van der Waals surface area contributed by atoms with Gasteiger partial charge in [0.05, 0.1) is 4.92 Å². The molecule has 5 nitrogen and oxygen atoms in total. The highest BCUT2D eigenvalue weighted by Gasteiger charge is 2.14. The smallest absolute Gasteiger partial charge is 0.273 e. The number of nitrogens with zero attached hydrogens (tertiary/aromatic N) is 2. The van der Waals surface area contributed by atoms with E-state index in [1.807, 2.05) is 0 Å². The first-order chi connectivity index (χ1) is 8.82. The number of nitro groups is 1. The molecule has 1 N–H and O–H groups in total. The topological polar surface area (TPSA) is 58.4 Å². The number of benzene rings is 1. The maximum atomic E-state index is 10.8. The highest BCUT2D eigenvalue weighted by Crippen LogP contribution is 2.30. The molecule has 6 heteroatoms. The van der Waals surface area contributed by atoms with E-state index in [1.54, 1.807) is 19.1 Å². The molecule has 1 aromatic carbocycles. The lowest BCUT2D eigenvalue weighted by atomic mass is 10.2. The summed E-state index contributed by atoms with van der Waals surface area (Å²) in [4.78, 5) is 12.7. The number of nitrogens with one attached hydrogen (secondary N) is 1. The molecule has 0 aliphatic heterocycles. The summed E-state index contributed by atoms with van der Waals surface area (Å²) in [7, 11) is 2.07. The van der Waals surface area contributed by atoms with Crippen molar-refractivity contribution >= 4 is 27.3 Å². The standard InChI is InChI=1S/C13H20BrN3O2/c1-9(2)16(4)6-5-15-12-7-10(3)13(17(18)19)8-11(12)14/h7-9,15H,5-6H2,1-4H3. The lowest BCUT2D eigenvalue weighted by Crippen LogP contribution is -2.31. The van der Waals surface area contributed by atoms with Gasteiger partial charge in [0.15, 0.2) is 0 Å². The Labute approximate surface area is 122 Å². The predicted molar refractivity (Wildman–Crippen MR) is 81.8 cm³/mol. The molecule has 0 fully saturated rings. The molecule has 0 spiro atoms. The fourth-order valence-corrected chi connectivity index (χ4v) is 2.10. The fraction of sp³-hybridized carbons (Fsp3) is 0.538. The summed E-state index contributed by atoms with van der Waals surface area (Å²) in [6.45, 7) is 7.75. The summed E-state index contributed by atoms with van der Waals surface area (Å²) < 4.78 is 0.719. The average Bonchev–Trinajstić information content (AvgIpc) is 2.32. The van der Waals surface area contributed by atoms with Gasteiger partial charge in [-0.1, -0.05) is 0 Å². The number of nitro benzene ring substituents is 1. The summed E-state index contributed by atoms with van der Waals surface area (Å²) in [6, 6.07) is 3.85. The van der Waals surface area contributed by atoms with Crippen molar-refractivity contribution in [1.29, 1.82) is 0 Å². The number of aryl methyl sites for hydroxylation is 1. The van der Waals surface area contributed by atoms with Gasteiger partial charge >= 0.3 is 0 Å². The van der Waals surface area contributed by atoms with Gasteiger partial charge < -0.3 is 10.2 Å². The Balaban J connectivity index is 2.70. The number of rotatable bonds is 6. The van der Waals surface area contributed by atoms with Crippen LogP contribution in [0.2, 0.25) is 0 Å². The first-order valence-electron chi connectivity index (χ1n) is 6.21. The quantitative estimate of drug-likeness (QED) is 0.641. The van der Waals surface area contributed by atoms with Gasteiger partial charge in [-0.2, -0.15) is 0 Å². The Bertz CT molecular complexity index is 463. The van der Waals surface area contributed by atoms with E-state index in [2.05, 4.69) is 47.0 Å². The van der Waals surface area contributed by atoms with Gasteiger partial charge in [0.2, 0.25) is 0 Å². The zero-order valence-electron chi connectivity index (χ0n) is 11.7. The van der Waals surface area contributed by atoms with Crippen molar-refractivity contribution in [3.05, 3.63) is 32.3 Å². The molecule has 0 aliphatic rings. The Morgan fingerprint density at radius 1 is 1.47 bits per heavy atom. The van der Waals surface area contributed by atoms with Crippen LogP contribution in [0.1, 0.15) is 19.4 Å². The van der Waals surface area contributed by atoms with Crippen LogP contribution in [-0.2, 0) is 0 Å². The molecule has 0 bridgehead atoms. The van der Waals surface area contributed by atoms with E-state index in [-0.39, 0.29) is 10.6 Å². The Morgan fingerprint density at radius 3 is 2.63 bits per heavy atom. The molecule has 106 valence electrons. The fourth-order valence-electron chi connectivity index (χ4n) is 1.63. The van der Waals surface area contributed by atoms with Crippen LogP contribution in [0.5, 0.6) is 0 Å². The van der Waals surface area contributed by atoms with Crippen LogP contribution in [0.25, 0.3) is 0 Å². The Hall–Kier alpha value is -1.14. The van der Waals surface area contributed by atoms with E-state index in [9.17, 15) is 10.1 Å². The average molecular weight is 330 g/mol. The van der Waals surface area contributed by atoms with E-state index < -0.39 is 0 Å². The van der Waals surface area contributed by atoms with Crippen molar-refractivity contribution in [3.63, 3.8) is 0 Å². The number of halogens is 1. The molecule has 1 rings (SSSR count). The summed E-state index contributed by atoms with van der Waals surface area (Å²) in [6.07, 6.45) is 0. The van der Waals surface area contributed by atoms with Crippen LogP contribution < -0.4 is 5.32 Å². The van der Waals surface area contributed by atoms with Crippen molar-refractivity contribution in [2.45, 2.75) is 26.8 Å². The van der Waals surface area contributed by atoms with Crippen molar-refractivity contribution in [2.75, 3.05) is 25.5 Å². The van der Waals surface area contributed by atoms with E-state index in [1.165, 1.54) is 0 Å². The minimum Gasteiger partial charge on any atom is -0.383 e. The molecular formula is C13H20BrN3O2. The highest BCUT2D eigenvalue weighted by molar-refractivity contribution is 9.10. The van der Waals surface area contributed by atoms with Gasteiger partial charge in [0, 0.05) is 40.9 Å². The van der Waals surface area contributed by atoms with Crippen LogP contribution in [0.15, 0.2) is 16.6 Å². The van der Waals surface area contributed by atoms with Gasteiger partial charge in [-0.05, 0) is 49.8 Å². The lowest BCUT2D eigenvalue weighted by molar-refractivity contribution is -0.385. The van der Waals surface area contributed by atoms with E-state index in [0.717, 1.165) is 23.2 Å². The second kappa shape index (κ2) is 6.86. The van der Waals surface area contributed by atoms with E-state index >= 15 is 0 Å². The van der Waals surface area contributed by atoms with Gasteiger partial charge in [-0.25, -0.2) is 0 Å². The van der Waals surface area contributed by atoms with Crippen molar-refractivity contribution in [2.24, 2.45) is 0 Å². The molecule has 0 atom stereocenters. The molecule has 0 saturated carbocycles. The Kier molecular flexibility index (Phi) is 5.75. The molecule has 19 heavy (non-hydrogen) atoms. The molecule has 0 unspecified atom stereocenters. The van der Waals surface area contributed by atoms with Crippen LogP contribution in [0.4, 0.5) is 11.4 Å². The van der Waals surface area contributed by atoms with Gasteiger partial charge in [-0.15, -0.1) is 0 Å². The molecule has 0 amide bonds. The number of likely N-dealkylation sites (N-methyl/N-ethyl adjacent to an activating group) is 1. The molecule has 0 aliphatic carbocycles. The van der Waals surface area contributed by atoms with Crippen LogP contribution in [-0.4, -0.2) is 36.0 Å². The second-order valence-corrected chi connectivity index (χ2v) is 5.73. The van der Waals surface area contributed by atoms with E-state index in [4.69, 9.17) is 0 Å². The SMILES string of the molecule is Cc1cc(NCCN(C)C(C)C)c(Br)cc1[N+](=O)[O-]. The monoisotopic (exact) mass is 329 g/mol. The number of hydrogen-bond acceptors (Lipinski definition) is 4. The summed E-state index contributed by atoms with van der Waals surface area (Å²) in [5.74, 6) is 0. The van der Waals surface area contributed by atoms with Crippen LogP contribution in [0.3, 0.4) is 0 Å². The van der Waals surface area contributed by atoms with Crippen LogP contribution in [0, 0.1) is 17.0 Å². The minimum absolute atomic E-state index is 0.136. The third-order valence-corrected chi connectivity index (χ3v) is 3.80. The predicted octanol–water partition coefficient (Wildman–Crippen LogP) is 3.42. The molecule has 0 heterocycles. The third kappa shape index (κ3) is 4.47. The first-order valence-corrected chi connectivity index (χ1v) is 7.01. The van der Waals surface area contributed by atoms with Crippen molar-refractivity contribution < 1.29 is 4.92 Å². The summed E-state index contributed by atoms with van der Waals surface area (Å²) >= 11 is 3.37. The van der Waals surface area contributed by atoms with Crippen LogP contribution >= 0.6 is 15.9 Å². The van der Waals surface area contributed by atoms with Gasteiger partial charge in [0.1, 0.15) is 0 Å². The highest BCUT2D eigenvalue weighted by atomic mass is 79.9. The summed E-state index contributed by atoms with van der Waals surface area (Å²) in [5, 5.41) is 14.1. The lowest BCUT2D eigenvalue weighted by Gasteiger charge is -2.21. The number of anilines is 1. The molecular weight excluding hydrogens is 310 g/mol. The van der Waals surface area contributed by atoms with Crippen molar-refractivity contribution in [1.82, 2.24) is 4.90 Å². The Morgan fingerprint density at radius 2 is 2.11 bits per heavy atom. The first kappa shape index (κ1) is 15.9. The van der Waals surface area contributed by atoms with E-state index in [0.29, 0.717) is 11.6 Å². The van der Waals surface area contributed by atoms with Gasteiger partial charge in [0.25, 0.3) is 5.69 Å². The largest absolute Gasteiger partial charge is 0.383 e. The molecule has 0 aromatic heterocycles. The zero-order chi connectivity index (χ0) is 14.6. The normalized spacial score (nSPS) is 11.1. The molecule has 0 saturated heterocycles. The second-order valence-electron chi connectivity index (χ2n) is 4.88.